The summed E-state index contributed by atoms with van der Waals surface area (Å²) >= 11 is 0. The third-order valence-corrected chi connectivity index (χ3v) is 4.33. The highest BCUT2D eigenvalue weighted by atomic mass is 16.3. The molecular formula is C16H23N5O2. The molecule has 7 heteroatoms. The van der Waals surface area contributed by atoms with Gasteiger partial charge in [-0.3, -0.25) is 14.6 Å². The Kier molecular flexibility index (Phi) is 4.76. The van der Waals surface area contributed by atoms with Crippen LogP contribution in [0.25, 0.3) is 0 Å². The van der Waals surface area contributed by atoms with E-state index in [9.17, 15) is 9.90 Å². The van der Waals surface area contributed by atoms with Crippen LogP contribution in [-0.2, 0) is 17.8 Å². The number of aliphatic hydroxyl groups is 1. The summed E-state index contributed by atoms with van der Waals surface area (Å²) in [7, 11) is 0. The Bertz CT molecular complexity index is 637. The summed E-state index contributed by atoms with van der Waals surface area (Å²) in [4.78, 5) is 14.1. The summed E-state index contributed by atoms with van der Waals surface area (Å²) in [6.45, 7) is 3.73. The van der Waals surface area contributed by atoms with E-state index in [0.717, 1.165) is 24.4 Å². The molecule has 124 valence electrons. The molecule has 0 aliphatic carbocycles. The fraction of sp³-hybridized carbons (Fsp3) is 0.562. The monoisotopic (exact) mass is 317 g/mol. The van der Waals surface area contributed by atoms with Crippen molar-refractivity contribution in [2.45, 2.75) is 38.8 Å². The van der Waals surface area contributed by atoms with Crippen molar-refractivity contribution < 1.29 is 9.90 Å². The van der Waals surface area contributed by atoms with E-state index in [4.69, 9.17) is 0 Å². The van der Waals surface area contributed by atoms with Gasteiger partial charge in [0.1, 0.15) is 0 Å². The number of amides is 1. The maximum absolute atomic E-state index is 12.3. The van der Waals surface area contributed by atoms with Gasteiger partial charge in [0.25, 0.3) is 0 Å². The molecule has 7 nitrogen and oxygen atoms in total. The molecule has 0 radical (unpaired) electrons. The average molecular weight is 317 g/mol. The molecule has 2 aromatic heterocycles. The number of aromatic nitrogens is 4. The topological polar surface area (TPSA) is 87.0 Å². The molecule has 1 fully saturated rings. The molecule has 2 N–H and O–H groups in total. The minimum atomic E-state index is -0.470. The molecule has 3 rings (SSSR count). The van der Waals surface area contributed by atoms with Crippen LogP contribution in [0.15, 0.2) is 24.5 Å². The van der Waals surface area contributed by atoms with E-state index in [1.807, 2.05) is 29.9 Å². The maximum Gasteiger partial charge on any atom is 0.222 e. The number of nitrogens with zero attached hydrogens (tertiary/aromatic N) is 4. The van der Waals surface area contributed by atoms with E-state index < -0.39 is 6.10 Å². The summed E-state index contributed by atoms with van der Waals surface area (Å²) < 4.78 is 1.83. The molecule has 0 aromatic carbocycles. The Morgan fingerprint density at radius 1 is 1.48 bits per heavy atom. The Morgan fingerprint density at radius 3 is 3.04 bits per heavy atom. The van der Waals surface area contributed by atoms with E-state index in [2.05, 4.69) is 15.3 Å². The van der Waals surface area contributed by atoms with Crippen LogP contribution in [0.2, 0.25) is 0 Å². The molecule has 2 aromatic rings. The van der Waals surface area contributed by atoms with Crippen LogP contribution >= 0.6 is 0 Å². The third kappa shape index (κ3) is 3.98. The van der Waals surface area contributed by atoms with Gasteiger partial charge in [0, 0.05) is 50.1 Å². The first-order chi connectivity index (χ1) is 11.1. The lowest BCUT2D eigenvalue weighted by Gasteiger charge is -2.15. The molecule has 1 aliphatic heterocycles. The molecule has 23 heavy (non-hydrogen) atoms. The highest BCUT2D eigenvalue weighted by Crippen LogP contribution is 2.22. The standard InChI is InChI=1S/C16H23N5O2/c1-12-8-14(19-18-12)9-13-10-20(11-15(13)22)16(23)4-2-6-21-7-3-5-17-21/h3,5,7-8,13,15,22H,2,4,6,9-11H2,1H3,(H,18,19)/t13-,15+/m1/s1. The molecule has 2 atom stereocenters. The van der Waals surface area contributed by atoms with Gasteiger partial charge in [-0.25, -0.2) is 0 Å². The van der Waals surface area contributed by atoms with Crippen molar-refractivity contribution in [3.05, 3.63) is 35.9 Å². The number of β-amino-alcohol motifs (C(OH)–C–C–N with tert-alkyl or cyclic N) is 1. The number of rotatable bonds is 6. The number of aliphatic hydroxyl groups excluding tert-OH is 1. The van der Waals surface area contributed by atoms with Gasteiger partial charge in [-0.05, 0) is 31.9 Å². The van der Waals surface area contributed by atoms with Crippen molar-refractivity contribution in [1.82, 2.24) is 24.9 Å². The molecule has 0 unspecified atom stereocenters. The first-order valence-electron chi connectivity index (χ1n) is 8.06. The zero-order valence-electron chi connectivity index (χ0n) is 13.4. The van der Waals surface area contributed by atoms with Crippen molar-refractivity contribution in [3.8, 4) is 0 Å². The molecule has 0 bridgehead atoms. The molecular weight excluding hydrogens is 294 g/mol. The van der Waals surface area contributed by atoms with E-state index >= 15 is 0 Å². The largest absolute Gasteiger partial charge is 0.391 e. The van der Waals surface area contributed by atoms with Gasteiger partial charge in [-0.1, -0.05) is 0 Å². The smallest absolute Gasteiger partial charge is 0.222 e. The van der Waals surface area contributed by atoms with Crippen LogP contribution in [0.4, 0.5) is 0 Å². The zero-order chi connectivity index (χ0) is 16.2. The maximum atomic E-state index is 12.3. The lowest BCUT2D eigenvalue weighted by molar-refractivity contribution is -0.130. The van der Waals surface area contributed by atoms with Crippen LogP contribution < -0.4 is 0 Å². The van der Waals surface area contributed by atoms with Crippen molar-refractivity contribution >= 4 is 5.91 Å². The van der Waals surface area contributed by atoms with Crippen LogP contribution in [-0.4, -0.2) is 55.1 Å². The number of aromatic amines is 1. The second kappa shape index (κ2) is 6.95. The van der Waals surface area contributed by atoms with Gasteiger partial charge < -0.3 is 10.0 Å². The number of hydrogen-bond acceptors (Lipinski definition) is 4. The number of hydrogen-bond donors (Lipinski definition) is 2. The second-order valence-electron chi connectivity index (χ2n) is 6.25. The first kappa shape index (κ1) is 15.7. The van der Waals surface area contributed by atoms with Gasteiger partial charge in [0.05, 0.1) is 11.8 Å². The zero-order valence-corrected chi connectivity index (χ0v) is 13.4. The number of nitrogens with one attached hydrogen (secondary N) is 1. The third-order valence-electron chi connectivity index (χ3n) is 4.33. The summed E-state index contributed by atoms with van der Waals surface area (Å²) in [5.41, 5.74) is 1.96. The quantitative estimate of drug-likeness (QED) is 0.823. The number of carbonyl (C=O) groups is 1. The van der Waals surface area contributed by atoms with Gasteiger partial charge >= 0.3 is 0 Å². The fourth-order valence-corrected chi connectivity index (χ4v) is 3.09. The van der Waals surface area contributed by atoms with E-state index in [1.165, 1.54) is 0 Å². The van der Waals surface area contributed by atoms with Gasteiger partial charge in [-0.2, -0.15) is 10.2 Å². The summed E-state index contributed by atoms with van der Waals surface area (Å²) in [5, 5.41) is 21.5. The van der Waals surface area contributed by atoms with E-state index in [-0.39, 0.29) is 11.8 Å². The molecule has 0 spiro atoms. The predicted molar refractivity (Wildman–Crippen MR) is 84.6 cm³/mol. The normalized spacial score (nSPS) is 21.0. The van der Waals surface area contributed by atoms with Gasteiger partial charge in [0.15, 0.2) is 0 Å². The second-order valence-corrected chi connectivity index (χ2v) is 6.25. The average Bonchev–Trinajstić information content (AvgIpc) is 3.23. The van der Waals surface area contributed by atoms with Crippen molar-refractivity contribution in [1.29, 1.82) is 0 Å². The Balaban J connectivity index is 1.46. The molecule has 1 aliphatic rings. The van der Waals surface area contributed by atoms with Crippen LogP contribution in [0.1, 0.15) is 24.2 Å². The fourth-order valence-electron chi connectivity index (χ4n) is 3.09. The van der Waals surface area contributed by atoms with Crippen LogP contribution in [0, 0.1) is 12.8 Å². The van der Waals surface area contributed by atoms with Crippen molar-refractivity contribution in [2.24, 2.45) is 5.92 Å². The van der Waals surface area contributed by atoms with Gasteiger partial charge in [-0.15, -0.1) is 0 Å². The molecule has 1 amide bonds. The SMILES string of the molecule is Cc1cc(C[C@@H]2CN(C(=O)CCCn3cccn3)C[C@@H]2O)n[nH]1. The minimum absolute atomic E-state index is 0.0627. The van der Waals surface area contributed by atoms with Crippen LogP contribution in [0.5, 0.6) is 0 Å². The lowest BCUT2D eigenvalue weighted by Crippen LogP contribution is -2.29. The highest BCUT2D eigenvalue weighted by molar-refractivity contribution is 5.76. The molecule has 0 saturated carbocycles. The molecule has 3 heterocycles. The van der Waals surface area contributed by atoms with E-state index in [0.29, 0.717) is 25.9 Å². The summed E-state index contributed by atoms with van der Waals surface area (Å²) in [6, 6.07) is 3.86. The number of likely N-dealkylation sites (tertiary alicyclic amines) is 1. The summed E-state index contributed by atoms with van der Waals surface area (Å²) in [5.74, 6) is 0.171. The summed E-state index contributed by atoms with van der Waals surface area (Å²) in [6.07, 6.45) is 5.10. The predicted octanol–water partition coefficient (Wildman–Crippen LogP) is 0.757. The number of aryl methyl sites for hydroxylation is 2. The van der Waals surface area contributed by atoms with Crippen molar-refractivity contribution in [2.75, 3.05) is 13.1 Å². The molecule has 1 saturated heterocycles. The Hall–Kier alpha value is -2.15. The van der Waals surface area contributed by atoms with E-state index in [1.54, 1.807) is 11.1 Å². The van der Waals surface area contributed by atoms with Gasteiger partial charge in [0.2, 0.25) is 5.91 Å². The highest BCUT2D eigenvalue weighted by Gasteiger charge is 2.34. The Labute approximate surface area is 135 Å². The number of H-pyrrole nitrogens is 1. The lowest BCUT2D eigenvalue weighted by atomic mass is 10.0. The minimum Gasteiger partial charge on any atom is -0.391 e. The first-order valence-corrected chi connectivity index (χ1v) is 8.06. The van der Waals surface area contributed by atoms with Crippen molar-refractivity contribution in [3.63, 3.8) is 0 Å². The number of carbonyl (C=O) groups excluding carboxylic acids is 1. The van der Waals surface area contributed by atoms with Crippen LogP contribution in [0.3, 0.4) is 0 Å². The Morgan fingerprint density at radius 2 is 2.35 bits per heavy atom.